The first-order chi connectivity index (χ1) is 13.7. The smallest absolute Gasteiger partial charge is 0.243 e. The quantitative estimate of drug-likeness (QED) is 0.678. The Kier molecular flexibility index (Phi) is 7.96. The zero-order chi connectivity index (χ0) is 21.6. The lowest BCUT2D eigenvalue weighted by Crippen LogP contribution is -2.39. The van der Waals surface area contributed by atoms with Gasteiger partial charge in [-0.1, -0.05) is 50.2 Å². The molecule has 2 rings (SSSR count). The summed E-state index contributed by atoms with van der Waals surface area (Å²) in [6.45, 7) is 8.66. The van der Waals surface area contributed by atoms with Crippen LogP contribution in [0, 0.1) is 6.92 Å². The number of carbonyl (C=O) groups excluding carboxylic acids is 1. The summed E-state index contributed by atoms with van der Waals surface area (Å²) < 4.78 is 27.2. The van der Waals surface area contributed by atoms with Crippen LogP contribution in [0.3, 0.4) is 0 Å². The van der Waals surface area contributed by atoms with Gasteiger partial charge in [-0.3, -0.25) is 9.69 Å². The number of amides is 1. The van der Waals surface area contributed by atoms with E-state index >= 15 is 0 Å². The van der Waals surface area contributed by atoms with Crippen molar-refractivity contribution in [1.29, 1.82) is 0 Å². The zero-order valence-electron chi connectivity index (χ0n) is 17.8. The second-order valence-corrected chi connectivity index (χ2v) is 9.04. The van der Waals surface area contributed by atoms with Gasteiger partial charge in [0.2, 0.25) is 15.9 Å². The molecule has 0 heterocycles. The Morgan fingerprint density at radius 2 is 1.69 bits per heavy atom. The van der Waals surface area contributed by atoms with E-state index in [2.05, 4.69) is 5.32 Å². The Labute approximate surface area is 174 Å². The summed E-state index contributed by atoms with van der Waals surface area (Å²) in [4.78, 5) is 14.9. The Balaban J connectivity index is 2.16. The lowest BCUT2D eigenvalue weighted by molar-refractivity contribution is -0.120. The molecule has 29 heavy (non-hydrogen) atoms. The van der Waals surface area contributed by atoms with Crippen LogP contribution in [-0.2, 0) is 21.4 Å². The lowest BCUT2D eigenvalue weighted by Gasteiger charge is -2.24. The first kappa shape index (κ1) is 23.1. The fraction of sp³-hybridized carbons (Fsp3) is 0.409. The number of hydrogen-bond donors (Lipinski definition) is 1. The highest BCUT2D eigenvalue weighted by Crippen LogP contribution is 2.24. The van der Waals surface area contributed by atoms with Crippen LogP contribution in [0.1, 0.15) is 31.9 Å². The van der Waals surface area contributed by atoms with E-state index in [4.69, 9.17) is 0 Å². The van der Waals surface area contributed by atoms with Gasteiger partial charge in [0.05, 0.1) is 10.9 Å². The molecule has 2 aromatic rings. The van der Waals surface area contributed by atoms with Crippen molar-refractivity contribution in [3.05, 3.63) is 59.7 Å². The van der Waals surface area contributed by atoms with Gasteiger partial charge in [0.1, 0.15) is 0 Å². The minimum Gasteiger partial charge on any atom is -0.325 e. The Morgan fingerprint density at radius 1 is 1.07 bits per heavy atom. The van der Waals surface area contributed by atoms with Crippen molar-refractivity contribution in [2.24, 2.45) is 0 Å². The summed E-state index contributed by atoms with van der Waals surface area (Å²) in [5.74, 6) is -0.182. The van der Waals surface area contributed by atoms with Crippen LogP contribution in [0.5, 0.6) is 0 Å². The highest BCUT2D eigenvalue weighted by molar-refractivity contribution is 7.89. The molecule has 0 aliphatic rings. The van der Waals surface area contributed by atoms with Crippen molar-refractivity contribution < 1.29 is 13.2 Å². The fourth-order valence-corrected chi connectivity index (χ4v) is 4.82. The van der Waals surface area contributed by atoms with E-state index in [0.717, 1.165) is 5.56 Å². The second-order valence-electron chi connectivity index (χ2n) is 7.14. The topological polar surface area (TPSA) is 69.7 Å². The van der Waals surface area contributed by atoms with Crippen molar-refractivity contribution in [2.45, 2.75) is 45.2 Å². The molecule has 0 saturated heterocycles. The molecule has 0 fully saturated rings. The third kappa shape index (κ3) is 5.65. The van der Waals surface area contributed by atoms with Gasteiger partial charge in [-0.05, 0) is 44.2 Å². The third-order valence-corrected chi connectivity index (χ3v) is 7.29. The SMILES string of the molecule is CCN(CC)S(=O)(=O)c1cc(NC(=O)C(C)N(C)Cc2ccccc2)ccc1C. The molecule has 7 heteroatoms. The average Bonchev–Trinajstić information content (AvgIpc) is 2.70. The van der Waals surface area contributed by atoms with E-state index in [1.54, 1.807) is 25.1 Å². The molecule has 158 valence electrons. The van der Waals surface area contributed by atoms with E-state index in [0.29, 0.717) is 30.9 Å². The van der Waals surface area contributed by atoms with Crippen LogP contribution in [-0.4, -0.2) is 49.7 Å². The summed E-state index contributed by atoms with van der Waals surface area (Å²) in [6.07, 6.45) is 0. The largest absolute Gasteiger partial charge is 0.325 e. The highest BCUT2D eigenvalue weighted by Gasteiger charge is 2.25. The molecule has 0 aromatic heterocycles. The number of carbonyl (C=O) groups is 1. The number of likely N-dealkylation sites (N-methyl/N-ethyl adjacent to an activating group) is 1. The predicted molar refractivity (Wildman–Crippen MR) is 117 cm³/mol. The van der Waals surface area contributed by atoms with Gasteiger partial charge in [0.15, 0.2) is 0 Å². The van der Waals surface area contributed by atoms with Crippen LogP contribution < -0.4 is 5.32 Å². The van der Waals surface area contributed by atoms with Crippen LogP contribution >= 0.6 is 0 Å². The van der Waals surface area contributed by atoms with Crippen molar-refractivity contribution in [1.82, 2.24) is 9.21 Å². The summed E-state index contributed by atoms with van der Waals surface area (Å²) in [7, 11) is -1.70. The number of nitrogens with one attached hydrogen (secondary N) is 1. The minimum atomic E-state index is -3.60. The number of aryl methyl sites for hydroxylation is 1. The number of rotatable bonds is 9. The highest BCUT2D eigenvalue weighted by atomic mass is 32.2. The molecule has 0 radical (unpaired) electrons. The van der Waals surface area contributed by atoms with Gasteiger partial charge < -0.3 is 5.32 Å². The lowest BCUT2D eigenvalue weighted by atomic mass is 10.2. The van der Waals surface area contributed by atoms with Crippen molar-refractivity contribution in [3.63, 3.8) is 0 Å². The molecule has 2 aromatic carbocycles. The Morgan fingerprint density at radius 3 is 2.28 bits per heavy atom. The number of hydrogen-bond acceptors (Lipinski definition) is 4. The van der Waals surface area contributed by atoms with Crippen LogP contribution in [0.4, 0.5) is 5.69 Å². The van der Waals surface area contributed by atoms with E-state index in [1.807, 2.05) is 63.1 Å². The maximum atomic E-state index is 12.9. The molecule has 1 unspecified atom stereocenters. The van der Waals surface area contributed by atoms with Gasteiger partial charge in [-0.15, -0.1) is 0 Å². The molecule has 0 aliphatic heterocycles. The minimum absolute atomic E-state index is 0.182. The summed E-state index contributed by atoms with van der Waals surface area (Å²) in [6, 6.07) is 14.6. The van der Waals surface area contributed by atoms with Crippen molar-refractivity contribution in [3.8, 4) is 0 Å². The van der Waals surface area contributed by atoms with Gasteiger partial charge in [0.25, 0.3) is 0 Å². The molecule has 0 spiro atoms. The van der Waals surface area contributed by atoms with E-state index in [-0.39, 0.29) is 16.8 Å². The molecule has 0 aliphatic carbocycles. The van der Waals surface area contributed by atoms with E-state index in [9.17, 15) is 13.2 Å². The van der Waals surface area contributed by atoms with Crippen molar-refractivity contribution >= 4 is 21.6 Å². The summed E-state index contributed by atoms with van der Waals surface area (Å²) in [5, 5.41) is 2.86. The Hall–Kier alpha value is -2.22. The maximum absolute atomic E-state index is 12.9. The van der Waals surface area contributed by atoms with Gasteiger partial charge in [-0.2, -0.15) is 4.31 Å². The molecule has 1 N–H and O–H groups in total. The number of sulfonamides is 1. The van der Waals surface area contributed by atoms with Gasteiger partial charge >= 0.3 is 0 Å². The first-order valence-corrected chi connectivity index (χ1v) is 11.3. The molecule has 0 bridgehead atoms. The maximum Gasteiger partial charge on any atom is 0.243 e. The van der Waals surface area contributed by atoms with E-state index < -0.39 is 10.0 Å². The fourth-order valence-electron chi connectivity index (χ4n) is 3.11. The third-order valence-electron chi connectivity index (χ3n) is 5.09. The molecule has 1 atom stereocenters. The van der Waals surface area contributed by atoms with Gasteiger partial charge in [-0.25, -0.2) is 8.42 Å². The Bertz CT molecular complexity index is 926. The standard InChI is InChI=1S/C22H31N3O3S/c1-6-25(7-2)29(27,28)21-15-20(14-13-17(21)3)23-22(26)18(4)24(5)16-19-11-9-8-10-12-19/h8-15,18H,6-7,16H2,1-5H3,(H,23,26). The van der Waals surface area contributed by atoms with Crippen LogP contribution in [0.15, 0.2) is 53.4 Å². The number of benzene rings is 2. The first-order valence-electron chi connectivity index (χ1n) is 9.86. The summed E-state index contributed by atoms with van der Waals surface area (Å²) >= 11 is 0. The van der Waals surface area contributed by atoms with Gasteiger partial charge in [0, 0.05) is 25.3 Å². The molecular formula is C22H31N3O3S. The molecule has 6 nitrogen and oxygen atoms in total. The van der Waals surface area contributed by atoms with E-state index in [1.165, 1.54) is 4.31 Å². The van der Waals surface area contributed by atoms with Crippen molar-refractivity contribution in [2.75, 3.05) is 25.5 Å². The zero-order valence-corrected chi connectivity index (χ0v) is 18.7. The number of anilines is 1. The molecular weight excluding hydrogens is 386 g/mol. The predicted octanol–water partition coefficient (Wildman–Crippen LogP) is 3.48. The van der Waals surface area contributed by atoms with Crippen LogP contribution in [0.25, 0.3) is 0 Å². The monoisotopic (exact) mass is 417 g/mol. The van der Waals surface area contributed by atoms with Crippen LogP contribution in [0.2, 0.25) is 0 Å². The molecule has 1 amide bonds. The normalized spacial score (nSPS) is 12.9. The second kappa shape index (κ2) is 10.0. The number of nitrogens with zero attached hydrogens (tertiary/aromatic N) is 2. The average molecular weight is 418 g/mol. The molecule has 0 saturated carbocycles. The summed E-state index contributed by atoms with van der Waals surface area (Å²) in [5.41, 5.74) is 2.26.